The molecule has 4 nitrogen and oxygen atoms in total. The van der Waals surface area contributed by atoms with Crippen LogP contribution in [0.15, 0.2) is 22.6 Å². The summed E-state index contributed by atoms with van der Waals surface area (Å²) in [4.78, 5) is 0. The van der Waals surface area contributed by atoms with Gasteiger partial charge in [-0.2, -0.15) is 0 Å². The van der Waals surface area contributed by atoms with E-state index in [-0.39, 0.29) is 6.61 Å². The highest BCUT2D eigenvalue weighted by Gasteiger charge is 2.07. The molecule has 6 heteroatoms. The first-order valence-electron chi connectivity index (χ1n) is 5.95. The fourth-order valence-electron chi connectivity index (χ4n) is 1.58. The van der Waals surface area contributed by atoms with Crippen molar-refractivity contribution in [2.45, 2.75) is 26.4 Å². The molecule has 0 bridgehead atoms. The summed E-state index contributed by atoms with van der Waals surface area (Å²) >= 11 is 11.5. The number of aromatic nitrogens is 2. The lowest BCUT2D eigenvalue weighted by molar-refractivity contribution is 0.257. The smallest absolute Gasteiger partial charge is 0.253 e. The molecule has 1 aromatic heterocycles. The standard InChI is InChI=1S/C13H14Cl2N2O2/c1-9-7-10(15)4-5-11(9)18-8-13-17-16-12(19-13)3-2-6-14/h4-5,7H,2-3,6,8H2,1H3. The highest BCUT2D eigenvalue weighted by atomic mass is 35.5. The lowest BCUT2D eigenvalue weighted by Gasteiger charge is -2.06. The van der Waals surface area contributed by atoms with E-state index in [2.05, 4.69) is 10.2 Å². The second kappa shape index (κ2) is 6.78. The van der Waals surface area contributed by atoms with Crippen LogP contribution in [0.3, 0.4) is 0 Å². The highest BCUT2D eigenvalue weighted by molar-refractivity contribution is 6.30. The molecule has 0 saturated carbocycles. The summed E-state index contributed by atoms with van der Waals surface area (Å²) in [5.41, 5.74) is 0.967. The zero-order valence-electron chi connectivity index (χ0n) is 10.5. The zero-order valence-corrected chi connectivity index (χ0v) is 12.0. The van der Waals surface area contributed by atoms with E-state index in [9.17, 15) is 0 Å². The van der Waals surface area contributed by atoms with E-state index in [0.717, 1.165) is 17.7 Å². The van der Waals surface area contributed by atoms with E-state index in [1.54, 1.807) is 6.07 Å². The molecule has 0 saturated heterocycles. The first-order chi connectivity index (χ1) is 9.19. The quantitative estimate of drug-likeness (QED) is 0.762. The van der Waals surface area contributed by atoms with Crippen LogP contribution in [0.1, 0.15) is 23.8 Å². The van der Waals surface area contributed by atoms with Gasteiger partial charge in [-0.25, -0.2) is 0 Å². The van der Waals surface area contributed by atoms with E-state index in [4.69, 9.17) is 32.4 Å². The van der Waals surface area contributed by atoms with Crippen LogP contribution in [0.5, 0.6) is 5.75 Å². The fourth-order valence-corrected chi connectivity index (χ4v) is 1.94. The summed E-state index contributed by atoms with van der Waals surface area (Å²) in [5, 5.41) is 8.53. The second-order valence-corrected chi connectivity index (χ2v) is 4.89. The Morgan fingerprint density at radius 3 is 2.79 bits per heavy atom. The van der Waals surface area contributed by atoms with Gasteiger partial charge in [-0.15, -0.1) is 21.8 Å². The molecule has 0 spiro atoms. The Morgan fingerprint density at radius 1 is 1.26 bits per heavy atom. The predicted molar refractivity (Wildman–Crippen MR) is 73.9 cm³/mol. The third kappa shape index (κ3) is 4.11. The number of benzene rings is 1. The van der Waals surface area contributed by atoms with Crippen molar-refractivity contribution in [2.24, 2.45) is 0 Å². The summed E-state index contributed by atoms with van der Waals surface area (Å²) in [6.45, 7) is 2.18. The molecule has 0 N–H and O–H groups in total. The molecule has 0 fully saturated rings. The van der Waals surface area contributed by atoms with Gasteiger partial charge in [0.2, 0.25) is 5.89 Å². The zero-order chi connectivity index (χ0) is 13.7. The Morgan fingerprint density at radius 2 is 2.05 bits per heavy atom. The molecule has 0 aliphatic rings. The monoisotopic (exact) mass is 300 g/mol. The molecule has 0 aliphatic heterocycles. The van der Waals surface area contributed by atoms with Crippen molar-refractivity contribution in [3.63, 3.8) is 0 Å². The van der Waals surface area contributed by atoms with Crippen molar-refractivity contribution in [3.05, 3.63) is 40.6 Å². The minimum absolute atomic E-state index is 0.246. The summed E-state index contributed by atoms with van der Waals surface area (Å²) in [5.74, 6) is 2.38. The molecule has 19 heavy (non-hydrogen) atoms. The summed E-state index contributed by atoms with van der Waals surface area (Å²) < 4.78 is 11.1. The van der Waals surface area contributed by atoms with Gasteiger partial charge >= 0.3 is 0 Å². The van der Waals surface area contributed by atoms with Gasteiger partial charge in [-0.05, 0) is 37.1 Å². The van der Waals surface area contributed by atoms with E-state index >= 15 is 0 Å². The Labute approximate surface area is 121 Å². The van der Waals surface area contributed by atoms with Crippen LogP contribution in [-0.4, -0.2) is 16.1 Å². The Bertz CT molecular complexity index is 543. The molecule has 2 rings (SSSR count). The third-order valence-electron chi connectivity index (χ3n) is 2.52. The van der Waals surface area contributed by atoms with Crippen LogP contribution in [0.25, 0.3) is 0 Å². The molecule has 102 valence electrons. The normalized spacial score (nSPS) is 10.7. The molecule has 2 aromatic rings. The fraction of sp³-hybridized carbons (Fsp3) is 0.385. The maximum atomic E-state index is 5.88. The van der Waals surface area contributed by atoms with Crippen molar-refractivity contribution < 1.29 is 9.15 Å². The molecule has 1 aromatic carbocycles. The Kier molecular flexibility index (Phi) is 5.05. The van der Waals surface area contributed by atoms with Gasteiger partial charge in [0, 0.05) is 17.3 Å². The molecule has 0 aliphatic carbocycles. The average molecular weight is 301 g/mol. The third-order valence-corrected chi connectivity index (χ3v) is 3.02. The maximum Gasteiger partial charge on any atom is 0.253 e. The van der Waals surface area contributed by atoms with Crippen molar-refractivity contribution >= 4 is 23.2 Å². The number of hydrogen-bond acceptors (Lipinski definition) is 4. The van der Waals surface area contributed by atoms with E-state index in [1.165, 1.54) is 0 Å². The lowest BCUT2D eigenvalue weighted by Crippen LogP contribution is -1.97. The van der Waals surface area contributed by atoms with Crippen LogP contribution in [0.2, 0.25) is 5.02 Å². The van der Waals surface area contributed by atoms with Crippen LogP contribution < -0.4 is 4.74 Å². The maximum absolute atomic E-state index is 5.88. The second-order valence-electron chi connectivity index (χ2n) is 4.08. The van der Waals surface area contributed by atoms with Gasteiger partial charge in [0.05, 0.1) is 0 Å². The van der Waals surface area contributed by atoms with Crippen LogP contribution in [0.4, 0.5) is 0 Å². The topological polar surface area (TPSA) is 48.2 Å². The van der Waals surface area contributed by atoms with Crippen LogP contribution in [-0.2, 0) is 13.0 Å². The molecule has 0 atom stereocenters. The predicted octanol–water partition coefficient (Wildman–Crippen LogP) is 3.78. The largest absolute Gasteiger partial charge is 0.484 e. The highest BCUT2D eigenvalue weighted by Crippen LogP contribution is 2.22. The average Bonchev–Trinajstić information content (AvgIpc) is 2.83. The first-order valence-corrected chi connectivity index (χ1v) is 6.86. The summed E-state index contributed by atoms with van der Waals surface area (Å²) in [7, 11) is 0. The first kappa shape index (κ1) is 14.2. The Hall–Kier alpha value is -1.26. The van der Waals surface area contributed by atoms with Gasteiger partial charge in [0.25, 0.3) is 5.89 Å². The lowest BCUT2D eigenvalue weighted by atomic mass is 10.2. The van der Waals surface area contributed by atoms with Gasteiger partial charge in [0.1, 0.15) is 5.75 Å². The van der Waals surface area contributed by atoms with E-state index < -0.39 is 0 Å². The van der Waals surface area contributed by atoms with Crippen molar-refractivity contribution in [3.8, 4) is 5.75 Å². The number of aryl methyl sites for hydroxylation is 2. The minimum Gasteiger partial charge on any atom is -0.484 e. The van der Waals surface area contributed by atoms with E-state index in [0.29, 0.717) is 29.1 Å². The van der Waals surface area contributed by atoms with Gasteiger partial charge in [0.15, 0.2) is 6.61 Å². The minimum atomic E-state index is 0.246. The summed E-state index contributed by atoms with van der Waals surface area (Å²) in [6, 6.07) is 5.45. The SMILES string of the molecule is Cc1cc(Cl)ccc1OCc1nnc(CCCCl)o1. The molecular formula is C13H14Cl2N2O2. The van der Waals surface area contributed by atoms with Gasteiger partial charge in [-0.1, -0.05) is 11.6 Å². The van der Waals surface area contributed by atoms with E-state index in [1.807, 2.05) is 19.1 Å². The molecule has 1 heterocycles. The van der Waals surface area contributed by atoms with Crippen LogP contribution >= 0.6 is 23.2 Å². The number of alkyl halides is 1. The van der Waals surface area contributed by atoms with Crippen molar-refractivity contribution in [1.29, 1.82) is 0 Å². The number of halogens is 2. The molecule has 0 amide bonds. The van der Waals surface area contributed by atoms with Crippen molar-refractivity contribution in [1.82, 2.24) is 10.2 Å². The number of hydrogen-bond donors (Lipinski definition) is 0. The number of ether oxygens (including phenoxy) is 1. The van der Waals surface area contributed by atoms with Gasteiger partial charge in [-0.3, -0.25) is 0 Å². The molecule has 0 radical (unpaired) electrons. The van der Waals surface area contributed by atoms with Crippen LogP contribution in [0, 0.1) is 6.92 Å². The Balaban J connectivity index is 1.92. The summed E-state index contributed by atoms with van der Waals surface area (Å²) in [6.07, 6.45) is 1.51. The van der Waals surface area contributed by atoms with Crippen molar-refractivity contribution in [2.75, 3.05) is 5.88 Å². The number of rotatable bonds is 6. The molecular weight excluding hydrogens is 287 g/mol. The number of nitrogens with zero attached hydrogens (tertiary/aromatic N) is 2. The molecule has 0 unspecified atom stereocenters. The van der Waals surface area contributed by atoms with Gasteiger partial charge < -0.3 is 9.15 Å².